The zero-order chi connectivity index (χ0) is 24.2. The summed E-state index contributed by atoms with van der Waals surface area (Å²) in [5.74, 6) is -0.452. The molecule has 0 saturated carbocycles. The van der Waals surface area contributed by atoms with Crippen LogP contribution in [0, 0.1) is 12.8 Å². The van der Waals surface area contributed by atoms with Gasteiger partial charge in [0.15, 0.2) is 0 Å². The molecule has 6 nitrogen and oxygen atoms in total. The van der Waals surface area contributed by atoms with Crippen LogP contribution < -0.4 is 4.74 Å². The molecule has 1 aromatic heterocycles. The maximum Gasteiger partial charge on any atom is 0.295 e. The predicted molar refractivity (Wildman–Crippen MR) is 130 cm³/mol. The van der Waals surface area contributed by atoms with E-state index in [-0.39, 0.29) is 17.9 Å². The van der Waals surface area contributed by atoms with Gasteiger partial charge in [0.1, 0.15) is 11.5 Å². The summed E-state index contributed by atoms with van der Waals surface area (Å²) in [6.07, 6.45) is 3.32. The van der Waals surface area contributed by atoms with E-state index in [4.69, 9.17) is 4.74 Å². The fraction of sp³-hybridized carbons (Fsp3) is 0.250. The topological polar surface area (TPSA) is 79.7 Å². The predicted octanol–water partition coefficient (Wildman–Crippen LogP) is 5.05. The second-order valence-electron chi connectivity index (χ2n) is 8.88. The van der Waals surface area contributed by atoms with Gasteiger partial charge in [-0.3, -0.25) is 14.6 Å². The molecule has 1 amide bonds. The number of Topliss-reactive ketones (excluding diaryl/α,β-unsaturated/α-hetero) is 1. The quantitative estimate of drug-likeness (QED) is 0.306. The van der Waals surface area contributed by atoms with E-state index in [0.29, 0.717) is 23.8 Å². The number of pyridine rings is 1. The van der Waals surface area contributed by atoms with Crippen molar-refractivity contribution in [3.8, 4) is 5.75 Å². The summed E-state index contributed by atoms with van der Waals surface area (Å²) in [4.78, 5) is 31.9. The molecule has 1 saturated heterocycles. The van der Waals surface area contributed by atoms with Gasteiger partial charge in [-0.25, -0.2) is 0 Å². The smallest absolute Gasteiger partial charge is 0.295 e. The highest BCUT2D eigenvalue weighted by molar-refractivity contribution is 6.46. The summed E-state index contributed by atoms with van der Waals surface area (Å²) >= 11 is 0. The van der Waals surface area contributed by atoms with Gasteiger partial charge in [-0.15, -0.1) is 0 Å². The molecule has 1 aliphatic rings. The lowest BCUT2D eigenvalue weighted by molar-refractivity contribution is -0.140. The number of aryl methyl sites for hydroxylation is 1. The van der Waals surface area contributed by atoms with E-state index in [1.165, 1.54) is 4.90 Å². The number of ether oxygens (including phenoxy) is 1. The van der Waals surface area contributed by atoms with E-state index in [9.17, 15) is 14.7 Å². The van der Waals surface area contributed by atoms with Crippen LogP contribution in [-0.2, 0) is 16.1 Å². The van der Waals surface area contributed by atoms with Gasteiger partial charge in [0.2, 0.25) is 0 Å². The first-order valence-electron chi connectivity index (χ1n) is 11.3. The first-order valence-corrected chi connectivity index (χ1v) is 11.3. The highest BCUT2D eigenvalue weighted by Crippen LogP contribution is 2.40. The third-order valence-electron chi connectivity index (χ3n) is 5.77. The number of aliphatic hydroxyl groups is 1. The number of hydrogen-bond donors (Lipinski definition) is 1. The van der Waals surface area contributed by atoms with Crippen molar-refractivity contribution in [1.82, 2.24) is 9.88 Å². The Morgan fingerprint density at radius 2 is 1.85 bits per heavy atom. The molecule has 174 valence electrons. The van der Waals surface area contributed by atoms with Gasteiger partial charge in [0.25, 0.3) is 11.7 Å². The lowest BCUT2D eigenvalue weighted by Gasteiger charge is -2.25. The number of benzene rings is 2. The Morgan fingerprint density at radius 3 is 2.50 bits per heavy atom. The number of carbonyl (C=O) groups excluding carboxylic acids is 2. The first-order chi connectivity index (χ1) is 16.4. The third-order valence-corrected chi connectivity index (χ3v) is 5.77. The van der Waals surface area contributed by atoms with Gasteiger partial charge in [0, 0.05) is 24.5 Å². The molecule has 34 heavy (non-hydrogen) atoms. The molecule has 4 rings (SSSR count). The molecule has 2 heterocycles. The SMILES string of the molecule is Cc1cc(OCC(C)C)ccc1C(O)=C1C(=O)C(=O)N(Cc2cccnc2)C1c1ccccc1. The van der Waals surface area contributed by atoms with Gasteiger partial charge in [0.05, 0.1) is 18.2 Å². The van der Waals surface area contributed by atoms with Gasteiger partial charge < -0.3 is 14.7 Å². The fourth-order valence-electron chi connectivity index (χ4n) is 4.11. The van der Waals surface area contributed by atoms with Crippen LogP contribution in [0.5, 0.6) is 5.75 Å². The van der Waals surface area contributed by atoms with E-state index in [0.717, 1.165) is 16.7 Å². The van der Waals surface area contributed by atoms with Gasteiger partial charge in [-0.1, -0.05) is 50.2 Å². The van der Waals surface area contributed by atoms with E-state index in [1.807, 2.05) is 49.4 Å². The average Bonchev–Trinajstić information content (AvgIpc) is 3.08. The monoisotopic (exact) mass is 456 g/mol. The molecule has 0 bridgehead atoms. The number of rotatable bonds is 7. The molecular weight excluding hydrogens is 428 g/mol. The van der Waals surface area contributed by atoms with E-state index in [1.54, 1.807) is 30.6 Å². The molecule has 0 spiro atoms. The van der Waals surface area contributed by atoms with Crippen LogP contribution in [0.15, 0.2) is 78.6 Å². The van der Waals surface area contributed by atoms with Crippen molar-refractivity contribution in [3.63, 3.8) is 0 Å². The minimum absolute atomic E-state index is 0.0824. The Kier molecular flexibility index (Phi) is 6.77. The molecule has 0 aliphatic carbocycles. The largest absolute Gasteiger partial charge is 0.507 e. The second kappa shape index (κ2) is 9.91. The van der Waals surface area contributed by atoms with Gasteiger partial charge >= 0.3 is 0 Å². The number of ketones is 1. The van der Waals surface area contributed by atoms with E-state index < -0.39 is 17.7 Å². The molecule has 2 aromatic carbocycles. The molecule has 1 unspecified atom stereocenters. The van der Waals surface area contributed by atoms with Crippen molar-refractivity contribution in [2.24, 2.45) is 5.92 Å². The number of amides is 1. The minimum Gasteiger partial charge on any atom is -0.507 e. The third kappa shape index (κ3) is 4.71. The Hall–Kier alpha value is -3.93. The molecule has 0 radical (unpaired) electrons. The maximum absolute atomic E-state index is 13.2. The maximum atomic E-state index is 13.2. The Morgan fingerprint density at radius 1 is 1.09 bits per heavy atom. The zero-order valence-electron chi connectivity index (χ0n) is 19.6. The lowest BCUT2D eigenvalue weighted by atomic mass is 9.94. The van der Waals surface area contributed by atoms with Crippen molar-refractivity contribution in [1.29, 1.82) is 0 Å². The number of nitrogens with zero attached hydrogens (tertiary/aromatic N) is 2. The number of aliphatic hydroxyl groups excluding tert-OH is 1. The molecule has 1 atom stereocenters. The summed E-state index contributed by atoms with van der Waals surface area (Å²) in [6, 6.07) is 17.6. The van der Waals surface area contributed by atoms with Crippen LogP contribution in [-0.4, -0.2) is 33.3 Å². The molecule has 1 aliphatic heterocycles. The number of hydrogen-bond acceptors (Lipinski definition) is 5. The number of carbonyl (C=O) groups is 2. The first kappa shape index (κ1) is 23.2. The highest BCUT2D eigenvalue weighted by Gasteiger charge is 2.46. The van der Waals surface area contributed by atoms with Crippen molar-refractivity contribution >= 4 is 17.4 Å². The van der Waals surface area contributed by atoms with Gasteiger partial charge in [-0.2, -0.15) is 0 Å². The van der Waals surface area contributed by atoms with Crippen LogP contribution in [0.1, 0.15) is 42.1 Å². The molecule has 3 aromatic rings. The van der Waals surface area contributed by atoms with Gasteiger partial charge in [-0.05, 0) is 53.8 Å². The number of aromatic nitrogens is 1. The van der Waals surface area contributed by atoms with Crippen molar-refractivity contribution in [2.45, 2.75) is 33.4 Å². The number of likely N-dealkylation sites (tertiary alicyclic amines) is 1. The minimum atomic E-state index is -0.710. The lowest BCUT2D eigenvalue weighted by Crippen LogP contribution is -2.29. The Balaban J connectivity index is 1.78. The molecule has 1 N–H and O–H groups in total. The van der Waals surface area contributed by atoms with Crippen molar-refractivity contribution in [3.05, 3.63) is 101 Å². The highest BCUT2D eigenvalue weighted by atomic mass is 16.5. The summed E-state index contributed by atoms with van der Waals surface area (Å²) in [6.45, 7) is 6.77. The van der Waals surface area contributed by atoms with E-state index >= 15 is 0 Å². The molecule has 6 heteroatoms. The summed E-state index contributed by atoms with van der Waals surface area (Å²) < 4.78 is 5.79. The average molecular weight is 457 g/mol. The molecule has 1 fully saturated rings. The summed E-state index contributed by atoms with van der Waals surface area (Å²) in [5.41, 5.74) is 2.88. The Bertz CT molecular complexity index is 1220. The second-order valence-corrected chi connectivity index (χ2v) is 8.88. The standard InChI is InChI=1S/C28H28N2O4/c1-18(2)17-34-22-11-12-23(19(3)14-22)26(31)24-25(21-9-5-4-6-10-21)30(28(33)27(24)32)16-20-8-7-13-29-15-20/h4-15,18,25,31H,16-17H2,1-3H3. The van der Waals surface area contributed by atoms with Crippen LogP contribution in [0.2, 0.25) is 0 Å². The molecular formula is C28H28N2O4. The van der Waals surface area contributed by atoms with Crippen molar-refractivity contribution < 1.29 is 19.4 Å². The van der Waals surface area contributed by atoms with E-state index in [2.05, 4.69) is 18.8 Å². The summed E-state index contributed by atoms with van der Waals surface area (Å²) in [7, 11) is 0. The van der Waals surface area contributed by atoms with Crippen LogP contribution in [0.3, 0.4) is 0 Å². The summed E-state index contributed by atoms with van der Waals surface area (Å²) in [5, 5.41) is 11.3. The van der Waals surface area contributed by atoms with Crippen molar-refractivity contribution in [2.75, 3.05) is 6.61 Å². The fourth-order valence-corrected chi connectivity index (χ4v) is 4.11. The van der Waals surface area contributed by atoms with Crippen LogP contribution in [0.25, 0.3) is 5.76 Å². The normalized spacial score (nSPS) is 17.4. The zero-order valence-corrected chi connectivity index (χ0v) is 19.6. The van der Waals surface area contributed by atoms with Crippen LogP contribution in [0.4, 0.5) is 0 Å². The van der Waals surface area contributed by atoms with Crippen LogP contribution >= 0.6 is 0 Å². The Labute approximate surface area is 199 Å².